The van der Waals surface area contributed by atoms with Crippen LogP contribution in [-0.4, -0.2) is 6.15 Å². The standard InChI is InChI=1S/CO2.Cr.O/c2-1-3;;. The van der Waals surface area contributed by atoms with Crippen molar-refractivity contribution in [3.63, 3.8) is 0 Å². The van der Waals surface area contributed by atoms with Crippen molar-refractivity contribution in [2.75, 3.05) is 0 Å². The molecular weight excluding hydrogens is 112 g/mol. The Hall–Kier alpha value is -0.288. The van der Waals surface area contributed by atoms with Gasteiger partial charge in [-0.3, -0.25) is 0 Å². The van der Waals surface area contributed by atoms with Crippen LogP contribution in [0.25, 0.3) is 0 Å². The molecule has 0 aromatic rings. The molecular formula is CCrO3. The zero-order valence-corrected chi connectivity index (χ0v) is 3.41. The molecule has 5 heavy (non-hydrogen) atoms. The third-order valence-corrected chi connectivity index (χ3v) is 0. The second-order valence-electron chi connectivity index (χ2n) is 0.0833. The Morgan fingerprint density at radius 3 is 1.20 bits per heavy atom. The Morgan fingerprint density at radius 2 is 1.20 bits per heavy atom. The van der Waals surface area contributed by atoms with Crippen LogP contribution in [-0.2, 0) is 29.6 Å². The van der Waals surface area contributed by atoms with Gasteiger partial charge in [0.25, 0.3) is 0 Å². The molecule has 0 atom stereocenters. The van der Waals surface area contributed by atoms with Gasteiger partial charge in [0.2, 0.25) is 0 Å². The summed E-state index contributed by atoms with van der Waals surface area (Å²) in [5.41, 5.74) is 0. The van der Waals surface area contributed by atoms with E-state index >= 15 is 0 Å². The molecule has 0 unspecified atom stereocenters. The number of rotatable bonds is 0. The molecule has 0 saturated heterocycles. The van der Waals surface area contributed by atoms with Crippen LogP contribution in [0.1, 0.15) is 0 Å². The summed E-state index contributed by atoms with van der Waals surface area (Å²) in [7, 11) is 0. The van der Waals surface area contributed by atoms with Gasteiger partial charge in [-0.15, -0.1) is 0 Å². The molecule has 0 aromatic heterocycles. The van der Waals surface area contributed by atoms with Gasteiger partial charge >= 0.3 is 26.2 Å². The van der Waals surface area contributed by atoms with Crippen LogP contribution >= 0.6 is 0 Å². The fraction of sp³-hybridized carbons (Fsp3) is 0. The molecule has 4 heteroatoms. The second kappa shape index (κ2) is 53.8. The Morgan fingerprint density at radius 1 is 1.20 bits per heavy atom. The molecule has 0 fully saturated rings. The van der Waals surface area contributed by atoms with Gasteiger partial charge in [-0.25, -0.2) is 0 Å². The molecule has 0 aliphatic rings. The maximum absolute atomic E-state index is 8.12. The summed E-state index contributed by atoms with van der Waals surface area (Å²) in [5.74, 6) is 0. The summed E-state index contributed by atoms with van der Waals surface area (Å²) in [5, 5.41) is 0. The van der Waals surface area contributed by atoms with Gasteiger partial charge < -0.3 is 0 Å². The number of hydrogen-bond donors (Lipinski definition) is 0. The summed E-state index contributed by atoms with van der Waals surface area (Å²) in [6.07, 6.45) is 0.250. The first-order valence-electron chi connectivity index (χ1n) is 0.575. The van der Waals surface area contributed by atoms with E-state index in [-0.39, 0.29) is 6.15 Å². The fourth-order valence-electron chi connectivity index (χ4n) is 0. The molecule has 0 aromatic carbocycles. The van der Waals surface area contributed by atoms with Gasteiger partial charge in [0, 0.05) is 0 Å². The van der Waals surface area contributed by atoms with Crippen molar-refractivity contribution in [2.24, 2.45) is 0 Å². The van der Waals surface area contributed by atoms with E-state index in [1.165, 1.54) is 16.2 Å². The summed E-state index contributed by atoms with van der Waals surface area (Å²) >= 11 is 1.38. The third kappa shape index (κ3) is 132. The van der Waals surface area contributed by atoms with Crippen LogP contribution in [0.4, 0.5) is 0 Å². The van der Waals surface area contributed by atoms with Crippen molar-refractivity contribution in [3.05, 3.63) is 0 Å². The summed E-state index contributed by atoms with van der Waals surface area (Å²) in [6.45, 7) is 0. The average Bonchev–Trinajstić information content (AvgIpc) is 1.46. The topological polar surface area (TPSA) is 51.2 Å². The van der Waals surface area contributed by atoms with Gasteiger partial charge in [-0.05, 0) is 0 Å². The second-order valence-corrected chi connectivity index (χ2v) is 0.0833. The summed E-state index contributed by atoms with van der Waals surface area (Å²) < 4.78 is 8.12. The van der Waals surface area contributed by atoms with Crippen molar-refractivity contribution >= 4 is 6.15 Å². The van der Waals surface area contributed by atoms with E-state index in [1.807, 2.05) is 0 Å². The molecule has 0 radical (unpaired) electrons. The molecule has 0 bridgehead atoms. The Balaban J connectivity index is 0. The number of carbonyl (C=O) groups excluding carboxylic acids is 2. The zero-order chi connectivity index (χ0) is 4.71. The van der Waals surface area contributed by atoms with Gasteiger partial charge in [-0.1, -0.05) is 0 Å². The molecule has 0 N–H and O–H groups in total. The third-order valence-electron chi connectivity index (χ3n) is 0. The summed E-state index contributed by atoms with van der Waals surface area (Å²) in [4.78, 5) is 16.2. The van der Waals surface area contributed by atoms with Gasteiger partial charge in [0.1, 0.15) is 0 Å². The van der Waals surface area contributed by atoms with Gasteiger partial charge in [0.05, 0.1) is 0 Å². The molecule has 0 aliphatic carbocycles. The van der Waals surface area contributed by atoms with Crippen LogP contribution in [0.5, 0.6) is 0 Å². The first-order valence-corrected chi connectivity index (χ1v) is 1.10. The zero-order valence-electron chi connectivity index (χ0n) is 2.13. The molecule has 3 nitrogen and oxygen atoms in total. The number of hydrogen-bond acceptors (Lipinski definition) is 3. The van der Waals surface area contributed by atoms with E-state index in [0.29, 0.717) is 0 Å². The molecule has 0 spiro atoms. The van der Waals surface area contributed by atoms with E-state index in [2.05, 4.69) is 0 Å². The van der Waals surface area contributed by atoms with Crippen LogP contribution in [0.15, 0.2) is 0 Å². The Kier molecular flexibility index (Phi) is 95.0. The molecule has 0 aliphatic heterocycles. The predicted molar refractivity (Wildman–Crippen MR) is 5.69 cm³/mol. The van der Waals surface area contributed by atoms with Crippen molar-refractivity contribution < 1.29 is 29.6 Å². The van der Waals surface area contributed by atoms with Gasteiger partial charge in [-0.2, -0.15) is 9.59 Å². The van der Waals surface area contributed by atoms with Crippen molar-refractivity contribution in [3.8, 4) is 0 Å². The Bertz CT molecular complexity index is 36.2. The monoisotopic (exact) mass is 112 g/mol. The normalized spacial score (nSPS) is 2.40. The average molecular weight is 112 g/mol. The van der Waals surface area contributed by atoms with Crippen molar-refractivity contribution in [2.45, 2.75) is 0 Å². The molecule has 0 rings (SSSR count). The van der Waals surface area contributed by atoms with Crippen molar-refractivity contribution in [1.82, 2.24) is 0 Å². The van der Waals surface area contributed by atoms with Crippen LogP contribution in [0.2, 0.25) is 0 Å². The van der Waals surface area contributed by atoms with E-state index in [9.17, 15) is 0 Å². The fourth-order valence-corrected chi connectivity index (χ4v) is 0. The maximum atomic E-state index is 8.12. The molecule has 0 saturated carbocycles. The Labute approximate surface area is 36.6 Å². The molecule has 0 amide bonds. The molecule has 28 valence electrons. The van der Waals surface area contributed by atoms with Crippen LogP contribution < -0.4 is 0 Å². The molecule has 0 heterocycles. The van der Waals surface area contributed by atoms with Gasteiger partial charge in [0.15, 0.2) is 0 Å². The summed E-state index contributed by atoms with van der Waals surface area (Å²) in [6, 6.07) is 0. The van der Waals surface area contributed by atoms with Crippen LogP contribution in [0, 0.1) is 0 Å². The van der Waals surface area contributed by atoms with E-state index in [1.54, 1.807) is 0 Å². The van der Waals surface area contributed by atoms with E-state index in [4.69, 9.17) is 13.4 Å². The van der Waals surface area contributed by atoms with Crippen molar-refractivity contribution in [1.29, 1.82) is 0 Å². The minimum atomic E-state index is 0.250. The first kappa shape index (κ1) is 8.83. The van der Waals surface area contributed by atoms with Crippen LogP contribution in [0.3, 0.4) is 0 Å². The SMILES string of the molecule is O=C=O.[O]=[Cr]. The first-order chi connectivity index (χ1) is 2.41. The van der Waals surface area contributed by atoms with E-state index in [0.717, 1.165) is 0 Å². The quantitative estimate of drug-likeness (QED) is 0.416. The predicted octanol–water partition coefficient (Wildman–Crippen LogP) is -0.705. The van der Waals surface area contributed by atoms with E-state index < -0.39 is 0 Å². The minimum absolute atomic E-state index is 0.250.